The van der Waals surface area contributed by atoms with Gasteiger partial charge in [0.2, 0.25) is 5.91 Å². The van der Waals surface area contributed by atoms with Crippen LogP contribution in [0.2, 0.25) is 0 Å². The standard InChI is InChI=1S/C15H19N3O/c1-12-4-3-8-18(12)9-7-15(19)17-14-6-2-5-13(10-14)11-16/h2,5-6,10,12H,3-4,7-9H2,1H3,(H,17,19). The maximum Gasteiger partial charge on any atom is 0.225 e. The van der Waals surface area contributed by atoms with Crippen LogP contribution in [-0.2, 0) is 4.79 Å². The summed E-state index contributed by atoms with van der Waals surface area (Å²) in [6.45, 7) is 4.12. The summed E-state index contributed by atoms with van der Waals surface area (Å²) in [5.74, 6) is 0.00851. The number of anilines is 1. The smallest absolute Gasteiger partial charge is 0.225 e. The third-order valence-electron chi connectivity index (χ3n) is 3.59. The van der Waals surface area contributed by atoms with Crippen LogP contribution < -0.4 is 5.32 Å². The Morgan fingerprint density at radius 2 is 2.42 bits per heavy atom. The number of rotatable bonds is 4. The Kier molecular flexibility index (Phi) is 4.53. The molecular weight excluding hydrogens is 238 g/mol. The summed E-state index contributed by atoms with van der Waals surface area (Å²) in [4.78, 5) is 14.2. The minimum Gasteiger partial charge on any atom is -0.326 e. The molecule has 1 aliphatic rings. The van der Waals surface area contributed by atoms with E-state index in [0.29, 0.717) is 23.7 Å². The van der Waals surface area contributed by atoms with E-state index in [1.165, 1.54) is 12.8 Å². The molecule has 0 radical (unpaired) electrons. The molecule has 1 amide bonds. The Bertz CT molecular complexity index is 492. The first-order valence-electron chi connectivity index (χ1n) is 6.73. The molecule has 1 unspecified atom stereocenters. The number of nitrogens with zero attached hydrogens (tertiary/aromatic N) is 2. The first kappa shape index (κ1) is 13.6. The first-order valence-corrected chi connectivity index (χ1v) is 6.73. The summed E-state index contributed by atoms with van der Waals surface area (Å²) < 4.78 is 0. The average molecular weight is 257 g/mol. The summed E-state index contributed by atoms with van der Waals surface area (Å²) in [5, 5.41) is 11.6. The average Bonchev–Trinajstić information content (AvgIpc) is 2.82. The van der Waals surface area contributed by atoms with E-state index < -0.39 is 0 Å². The van der Waals surface area contributed by atoms with Gasteiger partial charge in [-0.25, -0.2) is 0 Å². The summed E-state index contributed by atoms with van der Waals surface area (Å²) in [5.41, 5.74) is 1.25. The number of amides is 1. The fourth-order valence-corrected chi connectivity index (χ4v) is 2.46. The van der Waals surface area contributed by atoms with E-state index >= 15 is 0 Å². The van der Waals surface area contributed by atoms with Crippen LogP contribution in [0.5, 0.6) is 0 Å². The van der Waals surface area contributed by atoms with Crippen LogP contribution >= 0.6 is 0 Å². The second-order valence-corrected chi connectivity index (χ2v) is 5.02. The molecule has 0 saturated carbocycles. The quantitative estimate of drug-likeness (QED) is 0.901. The lowest BCUT2D eigenvalue weighted by Crippen LogP contribution is -2.30. The van der Waals surface area contributed by atoms with Gasteiger partial charge in [-0.2, -0.15) is 5.26 Å². The Morgan fingerprint density at radius 3 is 3.11 bits per heavy atom. The number of nitrogens with one attached hydrogen (secondary N) is 1. The highest BCUT2D eigenvalue weighted by molar-refractivity contribution is 5.90. The molecule has 4 nitrogen and oxygen atoms in total. The molecule has 2 rings (SSSR count). The van der Waals surface area contributed by atoms with Crippen molar-refractivity contribution in [1.82, 2.24) is 4.90 Å². The molecule has 1 atom stereocenters. The molecular formula is C15H19N3O. The summed E-state index contributed by atoms with van der Waals surface area (Å²) in [6.07, 6.45) is 2.96. The molecule has 1 aromatic rings. The largest absolute Gasteiger partial charge is 0.326 e. The maximum absolute atomic E-state index is 11.9. The Morgan fingerprint density at radius 1 is 1.58 bits per heavy atom. The second-order valence-electron chi connectivity index (χ2n) is 5.02. The number of nitriles is 1. The van der Waals surface area contributed by atoms with Gasteiger partial charge in [0.15, 0.2) is 0 Å². The van der Waals surface area contributed by atoms with Crippen molar-refractivity contribution in [3.8, 4) is 6.07 Å². The topological polar surface area (TPSA) is 56.1 Å². The van der Waals surface area contributed by atoms with Crippen molar-refractivity contribution in [1.29, 1.82) is 5.26 Å². The predicted octanol–water partition coefficient (Wildman–Crippen LogP) is 2.37. The molecule has 0 aliphatic carbocycles. The highest BCUT2D eigenvalue weighted by Gasteiger charge is 2.20. The summed E-state index contributed by atoms with van der Waals surface area (Å²) in [6, 6.07) is 9.65. The van der Waals surface area contributed by atoms with Crippen LogP contribution in [-0.4, -0.2) is 29.9 Å². The molecule has 100 valence electrons. The van der Waals surface area contributed by atoms with Gasteiger partial charge in [0.25, 0.3) is 0 Å². The van der Waals surface area contributed by atoms with Gasteiger partial charge in [-0.3, -0.25) is 4.79 Å². The van der Waals surface area contributed by atoms with Gasteiger partial charge in [0.1, 0.15) is 0 Å². The van der Waals surface area contributed by atoms with Crippen LogP contribution in [0.1, 0.15) is 31.7 Å². The van der Waals surface area contributed by atoms with E-state index in [-0.39, 0.29) is 5.91 Å². The third-order valence-corrected chi connectivity index (χ3v) is 3.59. The van der Waals surface area contributed by atoms with E-state index in [4.69, 9.17) is 5.26 Å². The van der Waals surface area contributed by atoms with Crippen molar-refractivity contribution >= 4 is 11.6 Å². The number of benzene rings is 1. The fourth-order valence-electron chi connectivity index (χ4n) is 2.46. The van der Waals surface area contributed by atoms with Gasteiger partial charge >= 0.3 is 0 Å². The molecule has 1 aliphatic heterocycles. The number of carbonyl (C=O) groups excluding carboxylic acids is 1. The van der Waals surface area contributed by atoms with Crippen LogP contribution in [0.15, 0.2) is 24.3 Å². The van der Waals surface area contributed by atoms with Gasteiger partial charge in [-0.05, 0) is 44.5 Å². The molecule has 0 bridgehead atoms. The van der Waals surface area contributed by atoms with Crippen LogP contribution in [0.25, 0.3) is 0 Å². The zero-order valence-electron chi connectivity index (χ0n) is 11.2. The van der Waals surface area contributed by atoms with E-state index in [0.717, 1.165) is 13.1 Å². The lowest BCUT2D eigenvalue weighted by molar-refractivity contribution is -0.116. The Balaban J connectivity index is 1.82. The van der Waals surface area contributed by atoms with Crippen molar-refractivity contribution in [2.24, 2.45) is 0 Å². The molecule has 1 heterocycles. The van der Waals surface area contributed by atoms with Gasteiger partial charge in [0, 0.05) is 24.7 Å². The normalized spacial score (nSPS) is 19.1. The van der Waals surface area contributed by atoms with E-state index in [2.05, 4.69) is 23.2 Å². The first-order chi connectivity index (χ1) is 9.19. The number of carbonyl (C=O) groups is 1. The Hall–Kier alpha value is -1.86. The van der Waals surface area contributed by atoms with Gasteiger partial charge < -0.3 is 10.2 Å². The number of hydrogen-bond donors (Lipinski definition) is 1. The van der Waals surface area contributed by atoms with Gasteiger partial charge in [0.05, 0.1) is 11.6 Å². The van der Waals surface area contributed by atoms with Gasteiger partial charge in [-0.1, -0.05) is 6.07 Å². The number of likely N-dealkylation sites (tertiary alicyclic amines) is 1. The zero-order chi connectivity index (χ0) is 13.7. The van der Waals surface area contributed by atoms with Gasteiger partial charge in [-0.15, -0.1) is 0 Å². The SMILES string of the molecule is CC1CCCN1CCC(=O)Nc1cccc(C#N)c1. The highest BCUT2D eigenvalue weighted by Crippen LogP contribution is 2.16. The van der Waals surface area contributed by atoms with E-state index in [1.807, 2.05) is 0 Å². The monoisotopic (exact) mass is 257 g/mol. The van der Waals surface area contributed by atoms with Crippen molar-refractivity contribution in [3.05, 3.63) is 29.8 Å². The molecule has 0 spiro atoms. The van der Waals surface area contributed by atoms with Crippen molar-refractivity contribution in [2.45, 2.75) is 32.2 Å². The Labute approximate surface area is 114 Å². The molecule has 0 aromatic heterocycles. The minimum atomic E-state index is 0.00851. The summed E-state index contributed by atoms with van der Waals surface area (Å²) >= 11 is 0. The van der Waals surface area contributed by atoms with E-state index in [9.17, 15) is 4.79 Å². The minimum absolute atomic E-state index is 0.00851. The van der Waals surface area contributed by atoms with Crippen molar-refractivity contribution < 1.29 is 4.79 Å². The molecule has 1 N–H and O–H groups in total. The van der Waals surface area contributed by atoms with Crippen LogP contribution in [0.4, 0.5) is 5.69 Å². The molecule has 1 saturated heterocycles. The molecule has 19 heavy (non-hydrogen) atoms. The molecule has 1 aromatic carbocycles. The second kappa shape index (κ2) is 6.35. The lowest BCUT2D eigenvalue weighted by Gasteiger charge is -2.20. The van der Waals surface area contributed by atoms with E-state index in [1.54, 1.807) is 24.3 Å². The number of hydrogen-bond acceptors (Lipinski definition) is 3. The fraction of sp³-hybridized carbons (Fsp3) is 0.467. The third kappa shape index (κ3) is 3.80. The maximum atomic E-state index is 11.9. The van der Waals surface area contributed by atoms with Crippen LogP contribution in [0.3, 0.4) is 0 Å². The van der Waals surface area contributed by atoms with Crippen molar-refractivity contribution in [3.63, 3.8) is 0 Å². The molecule has 4 heteroatoms. The summed E-state index contributed by atoms with van der Waals surface area (Å²) in [7, 11) is 0. The zero-order valence-corrected chi connectivity index (χ0v) is 11.2. The predicted molar refractivity (Wildman–Crippen MR) is 74.7 cm³/mol. The lowest BCUT2D eigenvalue weighted by atomic mass is 10.2. The van der Waals surface area contributed by atoms with Crippen molar-refractivity contribution in [2.75, 3.05) is 18.4 Å². The highest BCUT2D eigenvalue weighted by atomic mass is 16.1. The molecule has 1 fully saturated rings. The van der Waals surface area contributed by atoms with Crippen LogP contribution in [0, 0.1) is 11.3 Å².